The standard InChI is InChI=1S/C13H19NO2S/c15-13(5-7-17-9-13)8-14-11-2-1-3-12-10(11)4-6-16-12/h4,6,11,14-15H,1-3,5,7-9H2/t11-,13-/m1/s1. The van der Waals surface area contributed by atoms with Crippen LogP contribution < -0.4 is 5.32 Å². The first-order valence-corrected chi connectivity index (χ1v) is 7.52. The van der Waals surface area contributed by atoms with Crippen LogP contribution in [0.1, 0.15) is 36.6 Å². The Balaban J connectivity index is 1.63. The van der Waals surface area contributed by atoms with Crippen LogP contribution in [-0.4, -0.2) is 28.8 Å². The highest BCUT2D eigenvalue weighted by Gasteiger charge is 2.33. The molecule has 1 aromatic rings. The third-order valence-corrected chi connectivity index (χ3v) is 5.05. The minimum atomic E-state index is -0.494. The zero-order chi connectivity index (χ0) is 11.7. The van der Waals surface area contributed by atoms with Gasteiger partial charge in [0.1, 0.15) is 5.76 Å². The summed E-state index contributed by atoms with van der Waals surface area (Å²) in [4.78, 5) is 0. The Labute approximate surface area is 106 Å². The maximum absolute atomic E-state index is 10.3. The molecule has 1 aliphatic heterocycles. The first kappa shape index (κ1) is 11.6. The van der Waals surface area contributed by atoms with Gasteiger partial charge >= 0.3 is 0 Å². The normalized spacial score (nSPS) is 32.6. The molecule has 2 atom stereocenters. The minimum absolute atomic E-state index is 0.368. The van der Waals surface area contributed by atoms with Crippen molar-refractivity contribution in [3.8, 4) is 0 Å². The Morgan fingerprint density at radius 1 is 1.59 bits per heavy atom. The average molecular weight is 253 g/mol. The van der Waals surface area contributed by atoms with Crippen molar-refractivity contribution in [3.63, 3.8) is 0 Å². The predicted molar refractivity (Wildman–Crippen MR) is 69.3 cm³/mol. The van der Waals surface area contributed by atoms with E-state index < -0.39 is 5.60 Å². The average Bonchev–Trinajstić information content (AvgIpc) is 2.95. The fourth-order valence-electron chi connectivity index (χ4n) is 2.75. The molecule has 17 heavy (non-hydrogen) atoms. The summed E-state index contributed by atoms with van der Waals surface area (Å²) in [5.41, 5.74) is 0.803. The highest BCUT2D eigenvalue weighted by atomic mass is 32.2. The maximum atomic E-state index is 10.3. The van der Waals surface area contributed by atoms with Gasteiger partial charge in [0.05, 0.1) is 11.9 Å². The van der Waals surface area contributed by atoms with Crippen LogP contribution in [-0.2, 0) is 6.42 Å². The number of nitrogens with one attached hydrogen (secondary N) is 1. The van der Waals surface area contributed by atoms with E-state index in [2.05, 4.69) is 11.4 Å². The SMILES string of the molecule is O[C@@]1(CN[C@@H]2CCCc3occc32)CCSC1. The number of fused-ring (bicyclic) bond motifs is 1. The number of hydrogen-bond donors (Lipinski definition) is 2. The van der Waals surface area contributed by atoms with Crippen molar-refractivity contribution in [1.29, 1.82) is 0 Å². The van der Waals surface area contributed by atoms with Gasteiger partial charge in [0, 0.05) is 30.3 Å². The van der Waals surface area contributed by atoms with Crippen molar-refractivity contribution in [2.24, 2.45) is 0 Å². The summed E-state index contributed by atoms with van der Waals surface area (Å²) in [6.45, 7) is 0.704. The van der Waals surface area contributed by atoms with Crippen LogP contribution in [0.2, 0.25) is 0 Å². The zero-order valence-corrected chi connectivity index (χ0v) is 10.8. The molecule has 3 rings (SSSR count). The topological polar surface area (TPSA) is 45.4 Å². The molecule has 0 aromatic carbocycles. The molecular weight excluding hydrogens is 234 g/mol. The molecule has 4 heteroatoms. The first-order valence-electron chi connectivity index (χ1n) is 6.37. The maximum Gasteiger partial charge on any atom is 0.108 e. The molecule has 0 saturated carbocycles. The summed E-state index contributed by atoms with van der Waals surface area (Å²) < 4.78 is 5.48. The lowest BCUT2D eigenvalue weighted by atomic mass is 9.92. The van der Waals surface area contributed by atoms with Gasteiger partial charge in [-0.2, -0.15) is 11.8 Å². The quantitative estimate of drug-likeness (QED) is 0.866. The molecule has 2 heterocycles. The molecule has 94 valence electrons. The number of rotatable bonds is 3. The monoisotopic (exact) mass is 253 g/mol. The predicted octanol–water partition coefficient (Wildman–Crippen LogP) is 2.11. The third-order valence-electron chi connectivity index (χ3n) is 3.81. The van der Waals surface area contributed by atoms with Crippen LogP contribution in [0, 0.1) is 0 Å². The molecule has 1 aliphatic carbocycles. The number of aryl methyl sites for hydroxylation is 1. The molecule has 0 amide bonds. The van der Waals surface area contributed by atoms with Crippen LogP contribution in [0.5, 0.6) is 0 Å². The highest BCUT2D eigenvalue weighted by Crippen LogP contribution is 2.32. The highest BCUT2D eigenvalue weighted by molar-refractivity contribution is 7.99. The van der Waals surface area contributed by atoms with Crippen LogP contribution in [0.25, 0.3) is 0 Å². The summed E-state index contributed by atoms with van der Waals surface area (Å²) in [5, 5.41) is 13.8. The molecule has 1 aromatic heterocycles. The van der Waals surface area contributed by atoms with Crippen molar-refractivity contribution in [2.75, 3.05) is 18.1 Å². The lowest BCUT2D eigenvalue weighted by Crippen LogP contribution is -2.42. The Bertz CT molecular complexity index is 385. The lowest BCUT2D eigenvalue weighted by molar-refractivity contribution is 0.0637. The Hall–Kier alpha value is -0.450. The van der Waals surface area contributed by atoms with E-state index in [0.29, 0.717) is 12.6 Å². The van der Waals surface area contributed by atoms with Crippen LogP contribution in [0.3, 0.4) is 0 Å². The number of hydrogen-bond acceptors (Lipinski definition) is 4. The molecule has 2 N–H and O–H groups in total. The van der Waals surface area contributed by atoms with E-state index in [1.165, 1.54) is 12.0 Å². The fourth-order valence-corrected chi connectivity index (χ4v) is 4.04. The van der Waals surface area contributed by atoms with Gasteiger partial charge in [0.25, 0.3) is 0 Å². The molecule has 0 unspecified atom stereocenters. The van der Waals surface area contributed by atoms with Crippen molar-refractivity contribution >= 4 is 11.8 Å². The van der Waals surface area contributed by atoms with Gasteiger partial charge in [0.2, 0.25) is 0 Å². The number of furan rings is 1. The van der Waals surface area contributed by atoms with Crippen LogP contribution in [0.4, 0.5) is 0 Å². The van der Waals surface area contributed by atoms with E-state index in [1.807, 2.05) is 11.8 Å². The van der Waals surface area contributed by atoms with E-state index in [9.17, 15) is 5.11 Å². The molecule has 0 bridgehead atoms. The van der Waals surface area contributed by atoms with E-state index in [0.717, 1.165) is 36.5 Å². The zero-order valence-electron chi connectivity index (χ0n) is 9.95. The Morgan fingerprint density at radius 3 is 3.35 bits per heavy atom. The van der Waals surface area contributed by atoms with Crippen molar-refractivity contribution in [1.82, 2.24) is 5.32 Å². The Morgan fingerprint density at radius 2 is 2.53 bits per heavy atom. The largest absolute Gasteiger partial charge is 0.469 e. The summed E-state index contributed by atoms with van der Waals surface area (Å²) in [6, 6.07) is 2.44. The van der Waals surface area contributed by atoms with Gasteiger partial charge in [-0.15, -0.1) is 0 Å². The minimum Gasteiger partial charge on any atom is -0.469 e. The van der Waals surface area contributed by atoms with E-state index in [1.54, 1.807) is 6.26 Å². The third kappa shape index (κ3) is 2.39. The van der Waals surface area contributed by atoms with Gasteiger partial charge in [-0.1, -0.05) is 0 Å². The van der Waals surface area contributed by atoms with Crippen LogP contribution >= 0.6 is 11.8 Å². The molecular formula is C13H19NO2S. The molecule has 1 fully saturated rings. The number of aliphatic hydroxyl groups is 1. The molecule has 2 aliphatic rings. The molecule has 0 radical (unpaired) electrons. The second kappa shape index (κ2) is 4.67. The molecule has 1 saturated heterocycles. The molecule has 3 nitrogen and oxygen atoms in total. The smallest absolute Gasteiger partial charge is 0.108 e. The number of thioether (sulfide) groups is 1. The van der Waals surface area contributed by atoms with Crippen LogP contribution in [0.15, 0.2) is 16.7 Å². The summed E-state index contributed by atoms with van der Waals surface area (Å²) in [6.07, 6.45) is 6.07. The van der Waals surface area contributed by atoms with E-state index in [-0.39, 0.29) is 0 Å². The van der Waals surface area contributed by atoms with Gasteiger partial charge < -0.3 is 14.8 Å². The second-order valence-corrected chi connectivity index (χ2v) is 6.26. The fraction of sp³-hybridized carbons (Fsp3) is 0.692. The Kier molecular flexibility index (Phi) is 3.19. The van der Waals surface area contributed by atoms with E-state index in [4.69, 9.17) is 4.42 Å². The molecule has 0 spiro atoms. The first-order chi connectivity index (χ1) is 8.27. The summed E-state index contributed by atoms with van der Waals surface area (Å²) >= 11 is 1.85. The van der Waals surface area contributed by atoms with E-state index >= 15 is 0 Å². The van der Waals surface area contributed by atoms with Gasteiger partial charge in [-0.05, 0) is 31.1 Å². The van der Waals surface area contributed by atoms with Gasteiger partial charge in [-0.3, -0.25) is 0 Å². The summed E-state index contributed by atoms with van der Waals surface area (Å²) in [5.74, 6) is 3.08. The van der Waals surface area contributed by atoms with Gasteiger partial charge in [0.15, 0.2) is 0 Å². The second-order valence-electron chi connectivity index (χ2n) is 5.15. The van der Waals surface area contributed by atoms with Crippen molar-refractivity contribution in [2.45, 2.75) is 37.3 Å². The summed E-state index contributed by atoms with van der Waals surface area (Å²) in [7, 11) is 0. The van der Waals surface area contributed by atoms with Gasteiger partial charge in [-0.25, -0.2) is 0 Å². The van der Waals surface area contributed by atoms with Crippen molar-refractivity contribution < 1.29 is 9.52 Å². The van der Waals surface area contributed by atoms with Crippen molar-refractivity contribution in [3.05, 3.63) is 23.7 Å². The lowest BCUT2D eigenvalue weighted by Gasteiger charge is -2.28.